The summed E-state index contributed by atoms with van der Waals surface area (Å²) in [5.41, 5.74) is 2.43. The fourth-order valence-electron chi connectivity index (χ4n) is 2.15. The molecule has 3 nitrogen and oxygen atoms in total. The van der Waals surface area contributed by atoms with Gasteiger partial charge in [-0.3, -0.25) is 4.98 Å². The van der Waals surface area contributed by atoms with Gasteiger partial charge in [0.25, 0.3) is 0 Å². The smallest absolute Gasteiger partial charge is 0.401 e. The second kappa shape index (κ2) is 6.60. The van der Waals surface area contributed by atoms with Gasteiger partial charge in [-0.05, 0) is 29.8 Å². The minimum absolute atomic E-state index is 0.640. The number of nitrogens with zero attached hydrogens (tertiary/aromatic N) is 2. The van der Waals surface area contributed by atoms with Gasteiger partial charge < -0.3 is 4.65 Å². The number of fused-ring (bicyclic) bond motifs is 1. The van der Waals surface area contributed by atoms with Gasteiger partial charge in [-0.15, -0.1) is 0 Å². The number of hydrogen-bond donors (Lipinski definition) is 0. The van der Waals surface area contributed by atoms with E-state index in [1.54, 1.807) is 25.7 Å². The SMILES string of the molecule is N#Cc1cccc(C=C[B]Oc2cccc3cccnc23)c1. The first-order valence-corrected chi connectivity index (χ1v) is 6.87. The monoisotopic (exact) mass is 283 g/mol. The van der Waals surface area contributed by atoms with E-state index in [-0.39, 0.29) is 0 Å². The van der Waals surface area contributed by atoms with Crippen molar-refractivity contribution < 1.29 is 4.65 Å². The molecule has 0 spiro atoms. The van der Waals surface area contributed by atoms with Gasteiger partial charge in [-0.25, -0.2) is 0 Å². The molecule has 103 valence electrons. The van der Waals surface area contributed by atoms with E-state index < -0.39 is 0 Å². The van der Waals surface area contributed by atoms with Crippen LogP contribution in [0.2, 0.25) is 0 Å². The molecule has 0 aliphatic heterocycles. The van der Waals surface area contributed by atoms with Gasteiger partial charge in [0.05, 0.1) is 11.6 Å². The maximum absolute atomic E-state index is 8.87. The van der Waals surface area contributed by atoms with Crippen molar-refractivity contribution >= 4 is 24.5 Å². The van der Waals surface area contributed by atoms with Crippen LogP contribution in [-0.4, -0.2) is 12.5 Å². The molecule has 3 rings (SSSR count). The largest absolute Gasteiger partial charge is 0.557 e. The molecule has 22 heavy (non-hydrogen) atoms. The summed E-state index contributed by atoms with van der Waals surface area (Å²) in [5.74, 6) is 2.52. The van der Waals surface area contributed by atoms with Crippen LogP contribution in [-0.2, 0) is 0 Å². The van der Waals surface area contributed by atoms with Gasteiger partial charge in [0.1, 0.15) is 11.3 Å². The number of pyridine rings is 1. The lowest BCUT2D eigenvalue weighted by atomic mass is 9.98. The van der Waals surface area contributed by atoms with Crippen molar-refractivity contribution in [3.63, 3.8) is 0 Å². The van der Waals surface area contributed by atoms with E-state index in [2.05, 4.69) is 11.1 Å². The molecule has 0 atom stereocenters. The van der Waals surface area contributed by atoms with Gasteiger partial charge in [-0.2, -0.15) is 5.26 Å². The summed E-state index contributed by atoms with van der Waals surface area (Å²) in [5, 5.41) is 9.91. The van der Waals surface area contributed by atoms with E-state index in [4.69, 9.17) is 9.92 Å². The summed E-state index contributed by atoms with van der Waals surface area (Å²) in [4.78, 5) is 4.34. The summed E-state index contributed by atoms with van der Waals surface area (Å²) in [6.45, 7) is 0. The number of para-hydroxylation sites is 1. The molecule has 4 heteroatoms. The van der Waals surface area contributed by atoms with Crippen LogP contribution in [0.5, 0.6) is 5.75 Å². The number of benzene rings is 2. The molecule has 0 bridgehead atoms. The molecule has 0 unspecified atom stereocenters. The Labute approximate surface area is 129 Å². The fraction of sp³-hybridized carbons (Fsp3) is 0. The van der Waals surface area contributed by atoms with Crippen molar-refractivity contribution in [2.45, 2.75) is 0 Å². The molecular weight excluding hydrogens is 271 g/mol. The van der Waals surface area contributed by atoms with Gasteiger partial charge in [0.2, 0.25) is 0 Å². The number of nitriles is 1. The third-order valence-corrected chi connectivity index (χ3v) is 3.17. The topological polar surface area (TPSA) is 45.9 Å². The van der Waals surface area contributed by atoms with Crippen LogP contribution in [0.1, 0.15) is 11.1 Å². The van der Waals surface area contributed by atoms with Crippen molar-refractivity contribution in [3.05, 3.63) is 77.9 Å². The van der Waals surface area contributed by atoms with Crippen LogP contribution < -0.4 is 4.65 Å². The van der Waals surface area contributed by atoms with E-state index in [1.807, 2.05) is 54.6 Å². The molecule has 3 aromatic rings. The Bertz CT molecular complexity index is 863. The Kier molecular flexibility index (Phi) is 4.17. The third-order valence-electron chi connectivity index (χ3n) is 3.17. The quantitative estimate of drug-likeness (QED) is 0.684. The van der Waals surface area contributed by atoms with Crippen molar-refractivity contribution in [2.75, 3.05) is 0 Å². The molecule has 0 fully saturated rings. The Balaban J connectivity index is 1.70. The molecule has 2 aromatic carbocycles. The maximum atomic E-state index is 8.87. The Morgan fingerprint density at radius 2 is 1.95 bits per heavy atom. The summed E-state index contributed by atoms with van der Waals surface area (Å²) < 4.78 is 5.66. The minimum atomic E-state index is 0.640. The summed E-state index contributed by atoms with van der Waals surface area (Å²) in [6, 6.07) is 19.2. The van der Waals surface area contributed by atoms with Gasteiger partial charge in [0.15, 0.2) is 0 Å². The number of rotatable bonds is 4. The van der Waals surface area contributed by atoms with Crippen LogP contribution in [0.4, 0.5) is 0 Å². The molecule has 0 saturated heterocycles. The molecular formula is C18H12BN2O. The molecule has 1 radical (unpaired) electrons. The molecule has 0 saturated carbocycles. The zero-order valence-corrected chi connectivity index (χ0v) is 11.8. The summed E-state index contributed by atoms with van der Waals surface area (Å²) in [7, 11) is 1.61. The molecule has 0 N–H and O–H groups in total. The van der Waals surface area contributed by atoms with E-state index in [0.717, 1.165) is 16.5 Å². The van der Waals surface area contributed by atoms with Crippen LogP contribution in [0, 0.1) is 11.3 Å². The van der Waals surface area contributed by atoms with Gasteiger partial charge in [0, 0.05) is 11.6 Å². The van der Waals surface area contributed by atoms with Crippen molar-refractivity contribution in [1.82, 2.24) is 4.98 Å². The minimum Gasteiger partial charge on any atom is -0.557 e. The summed E-state index contributed by atoms with van der Waals surface area (Å²) >= 11 is 0. The Morgan fingerprint density at radius 3 is 2.86 bits per heavy atom. The first-order valence-electron chi connectivity index (χ1n) is 6.87. The fourth-order valence-corrected chi connectivity index (χ4v) is 2.15. The second-order valence-electron chi connectivity index (χ2n) is 4.68. The van der Waals surface area contributed by atoms with Gasteiger partial charge in [-0.1, -0.05) is 42.4 Å². The first-order chi connectivity index (χ1) is 10.9. The standard InChI is InChI=1S/C18H12BN2O/c20-13-15-5-1-4-14(12-15)9-10-19-22-17-8-2-6-16-7-3-11-21-18(16)17/h1-12H. The van der Waals surface area contributed by atoms with Crippen LogP contribution in [0.3, 0.4) is 0 Å². The predicted octanol–water partition coefficient (Wildman–Crippen LogP) is 3.78. The third kappa shape index (κ3) is 3.16. The Morgan fingerprint density at radius 1 is 1.09 bits per heavy atom. The van der Waals surface area contributed by atoms with Crippen molar-refractivity contribution in [2.24, 2.45) is 0 Å². The number of aromatic nitrogens is 1. The number of hydrogen-bond acceptors (Lipinski definition) is 3. The first kappa shape index (κ1) is 13.9. The zero-order chi connectivity index (χ0) is 15.2. The molecule has 0 aliphatic carbocycles. The average molecular weight is 283 g/mol. The predicted molar refractivity (Wildman–Crippen MR) is 88.3 cm³/mol. The summed E-state index contributed by atoms with van der Waals surface area (Å²) in [6.07, 6.45) is 3.64. The van der Waals surface area contributed by atoms with E-state index in [0.29, 0.717) is 11.3 Å². The van der Waals surface area contributed by atoms with E-state index in [9.17, 15) is 0 Å². The van der Waals surface area contributed by atoms with Gasteiger partial charge >= 0.3 is 7.48 Å². The molecule has 0 amide bonds. The maximum Gasteiger partial charge on any atom is 0.401 e. The van der Waals surface area contributed by atoms with Crippen LogP contribution in [0.15, 0.2) is 66.8 Å². The Hall–Kier alpha value is -3.06. The normalized spacial score (nSPS) is 10.5. The van der Waals surface area contributed by atoms with Crippen molar-refractivity contribution in [1.29, 1.82) is 5.26 Å². The van der Waals surface area contributed by atoms with E-state index in [1.165, 1.54) is 0 Å². The zero-order valence-electron chi connectivity index (χ0n) is 11.8. The lowest BCUT2D eigenvalue weighted by molar-refractivity contribution is 0.610. The highest BCUT2D eigenvalue weighted by molar-refractivity contribution is 6.37. The molecule has 1 heterocycles. The highest BCUT2D eigenvalue weighted by Crippen LogP contribution is 2.22. The second-order valence-corrected chi connectivity index (χ2v) is 4.68. The molecule has 0 aliphatic rings. The highest BCUT2D eigenvalue weighted by Gasteiger charge is 2.02. The average Bonchev–Trinajstić information content (AvgIpc) is 2.59. The van der Waals surface area contributed by atoms with Crippen LogP contribution >= 0.6 is 0 Å². The van der Waals surface area contributed by atoms with Crippen LogP contribution in [0.25, 0.3) is 17.0 Å². The lowest BCUT2D eigenvalue weighted by Crippen LogP contribution is -1.99. The molecule has 1 aromatic heterocycles. The highest BCUT2D eigenvalue weighted by atomic mass is 16.4. The lowest BCUT2D eigenvalue weighted by Gasteiger charge is -2.05. The van der Waals surface area contributed by atoms with Crippen molar-refractivity contribution in [3.8, 4) is 11.8 Å². The van der Waals surface area contributed by atoms with E-state index >= 15 is 0 Å².